The second-order valence-electron chi connectivity index (χ2n) is 8.19. The van der Waals surface area contributed by atoms with E-state index in [0.29, 0.717) is 12.0 Å². The van der Waals surface area contributed by atoms with E-state index in [4.69, 9.17) is 14.7 Å². The average Bonchev–Trinajstić information content (AvgIpc) is 3.24. The van der Waals surface area contributed by atoms with Gasteiger partial charge in [-0.15, -0.1) is 0 Å². The van der Waals surface area contributed by atoms with Crippen molar-refractivity contribution in [2.24, 2.45) is 0 Å². The summed E-state index contributed by atoms with van der Waals surface area (Å²) in [5, 5.41) is 0.879. The zero-order valence-corrected chi connectivity index (χ0v) is 20.3. The summed E-state index contributed by atoms with van der Waals surface area (Å²) in [6.07, 6.45) is 2.18. The lowest BCUT2D eigenvalue weighted by molar-refractivity contribution is 0.0600. The lowest BCUT2D eigenvalue weighted by atomic mass is 10.1. The van der Waals surface area contributed by atoms with E-state index in [2.05, 4.69) is 52.7 Å². The largest absolute Gasteiger partial charge is 0.465 e. The van der Waals surface area contributed by atoms with Gasteiger partial charge in [-0.3, -0.25) is 4.98 Å². The summed E-state index contributed by atoms with van der Waals surface area (Å²) >= 11 is 0. The normalized spacial score (nSPS) is 11.4. The van der Waals surface area contributed by atoms with Crippen LogP contribution in [0.4, 0.5) is 5.82 Å². The van der Waals surface area contributed by atoms with Crippen LogP contribution in [0.15, 0.2) is 42.6 Å². The third-order valence-electron chi connectivity index (χ3n) is 6.20. The Morgan fingerprint density at radius 3 is 2.47 bits per heavy atom. The van der Waals surface area contributed by atoms with E-state index < -0.39 is 5.97 Å². The number of carbonyl (C=O) groups excluding carboxylic acids is 1. The van der Waals surface area contributed by atoms with Gasteiger partial charge in [0.05, 0.1) is 23.6 Å². The van der Waals surface area contributed by atoms with E-state index >= 15 is 0 Å². The maximum Gasteiger partial charge on any atom is 0.339 e. The molecule has 0 fully saturated rings. The fourth-order valence-electron chi connectivity index (χ4n) is 4.22. The molecule has 4 rings (SSSR count). The van der Waals surface area contributed by atoms with E-state index in [0.717, 1.165) is 72.0 Å². The summed E-state index contributed by atoms with van der Waals surface area (Å²) < 4.78 is 4.87. The predicted molar refractivity (Wildman–Crippen MR) is 135 cm³/mol. The number of H-pyrrole nitrogens is 1. The van der Waals surface area contributed by atoms with Gasteiger partial charge in [0.15, 0.2) is 0 Å². The molecule has 8 heteroatoms. The van der Waals surface area contributed by atoms with Crippen LogP contribution >= 0.6 is 0 Å². The number of hydrogen-bond acceptors (Lipinski definition) is 7. The number of hydrogen-bond donors (Lipinski definition) is 1. The van der Waals surface area contributed by atoms with E-state index in [1.165, 1.54) is 7.11 Å². The highest BCUT2D eigenvalue weighted by molar-refractivity contribution is 6.10. The highest BCUT2D eigenvalue weighted by Gasteiger charge is 2.20. The molecule has 0 atom stereocenters. The Morgan fingerprint density at radius 2 is 1.79 bits per heavy atom. The van der Waals surface area contributed by atoms with Crippen molar-refractivity contribution in [3.8, 4) is 0 Å². The molecule has 3 heterocycles. The summed E-state index contributed by atoms with van der Waals surface area (Å²) in [5.74, 6) is 1.20. The summed E-state index contributed by atoms with van der Waals surface area (Å²) in [4.78, 5) is 34.6. The smallest absolute Gasteiger partial charge is 0.339 e. The van der Waals surface area contributed by atoms with Crippen molar-refractivity contribution in [1.29, 1.82) is 0 Å². The second-order valence-corrected chi connectivity index (χ2v) is 8.19. The number of likely N-dealkylation sites (N-methyl/N-ethyl adjacent to an activating group) is 2. The van der Waals surface area contributed by atoms with Crippen molar-refractivity contribution >= 4 is 33.9 Å². The molecule has 3 aromatic heterocycles. The fourth-order valence-corrected chi connectivity index (χ4v) is 4.22. The van der Waals surface area contributed by atoms with Crippen molar-refractivity contribution in [2.45, 2.75) is 27.2 Å². The molecule has 1 aromatic carbocycles. The number of pyridine rings is 1. The molecule has 0 saturated carbocycles. The van der Waals surface area contributed by atoms with Crippen molar-refractivity contribution in [3.05, 3.63) is 59.5 Å². The maximum absolute atomic E-state index is 12.0. The second kappa shape index (κ2) is 10.6. The summed E-state index contributed by atoms with van der Waals surface area (Å²) in [7, 11) is 1.37. The minimum atomic E-state index is -0.418. The van der Waals surface area contributed by atoms with Crippen molar-refractivity contribution in [3.63, 3.8) is 0 Å². The van der Waals surface area contributed by atoms with Crippen LogP contribution in [0.3, 0.4) is 0 Å². The van der Waals surface area contributed by atoms with Crippen molar-refractivity contribution in [2.75, 3.05) is 44.7 Å². The standard InChI is InChI=1S/C26H32N6O2/c1-5-31(6-2)13-14-32(7-3)25-22-23-20(16-19(17-27-23)26(33)34-4)28-24(22)29-21(30-25)15-18-11-9-8-10-12-18/h8-12,16-17H,5-7,13-15H2,1-4H3,(H,28,29,30). The summed E-state index contributed by atoms with van der Waals surface area (Å²) in [6.45, 7) is 11.1. The average molecular weight is 461 g/mol. The lowest BCUT2D eigenvalue weighted by Gasteiger charge is -2.27. The van der Waals surface area contributed by atoms with Gasteiger partial charge >= 0.3 is 5.97 Å². The van der Waals surface area contributed by atoms with Crippen LogP contribution in [0.2, 0.25) is 0 Å². The van der Waals surface area contributed by atoms with E-state index in [1.807, 2.05) is 18.2 Å². The molecule has 0 bridgehead atoms. The minimum absolute atomic E-state index is 0.398. The molecule has 0 amide bonds. The Bertz CT molecular complexity index is 1270. The number of fused-ring (bicyclic) bond motifs is 3. The van der Waals surface area contributed by atoms with Crippen LogP contribution in [0.25, 0.3) is 22.1 Å². The maximum atomic E-state index is 12.0. The molecule has 0 spiro atoms. The van der Waals surface area contributed by atoms with Crippen molar-refractivity contribution in [1.82, 2.24) is 24.8 Å². The van der Waals surface area contributed by atoms with Gasteiger partial charge in [0.1, 0.15) is 22.8 Å². The van der Waals surface area contributed by atoms with Gasteiger partial charge in [0, 0.05) is 32.3 Å². The Labute approximate surface area is 200 Å². The van der Waals surface area contributed by atoms with Gasteiger partial charge < -0.3 is 19.5 Å². The number of nitrogens with zero attached hydrogens (tertiary/aromatic N) is 5. The Hall–Kier alpha value is -3.52. The third-order valence-corrected chi connectivity index (χ3v) is 6.20. The summed E-state index contributed by atoms with van der Waals surface area (Å²) in [5.41, 5.74) is 3.77. The van der Waals surface area contributed by atoms with Crippen LogP contribution in [0.1, 0.15) is 42.5 Å². The third kappa shape index (κ3) is 4.87. The van der Waals surface area contributed by atoms with Crippen LogP contribution in [0.5, 0.6) is 0 Å². The Kier molecular flexibility index (Phi) is 7.37. The number of ether oxygens (including phenoxy) is 1. The quantitative estimate of drug-likeness (QED) is 0.357. The molecular formula is C26H32N6O2. The van der Waals surface area contributed by atoms with Crippen LogP contribution < -0.4 is 4.90 Å². The Balaban J connectivity index is 1.83. The van der Waals surface area contributed by atoms with Crippen molar-refractivity contribution < 1.29 is 9.53 Å². The number of aromatic amines is 1. The molecule has 8 nitrogen and oxygen atoms in total. The molecule has 0 saturated heterocycles. The van der Waals surface area contributed by atoms with E-state index in [1.54, 1.807) is 12.3 Å². The highest BCUT2D eigenvalue weighted by Crippen LogP contribution is 2.31. The molecule has 4 aromatic rings. The Morgan fingerprint density at radius 1 is 1.03 bits per heavy atom. The first-order valence-corrected chi connectivity index (χ1v) is 11.9. The number of rotatable bonds is 10. The van der Waals surface area contributed by atoms with Gasteiger partial charge in [0.2, 0.25) is 0 Å². The molecule has 0 aliphatic carbocycles. The fraction of sp³-hybridized carbons (Fsp3) is 0.385. The molecule has 0 aliphatic heterocycles. The summed E-state index contributed by atoms with van der Waals surface area (Å²) in [6, 6.07) is 12.0. The number of esters is 1. The molecule has 1 N–H and O–H groups in total. The monoisotopic (exact) mass is 460 g/mol. The molecule has 0 aliphatic rings. The van der Waals surface area contributed by atoms with Gasteiger partial charge in [-0.25, -0.2) is 14.8 Å². The van der Waals surface area contributed by atoms with Gasteiger partial charge in [-0.05, 0) is 31.6 Å². The number of carbonyl (C=O) groups is 1. The number of benzene rings is 1. The minimum Gasteiger partial charge on any atom is -0.465 e. The highest BCUT2D eigenvalue weighted by atomic mass is 16.5. The number of aromatic nitrogens is 4. The van der Waals surface area contributed by atoms with Crippen LogP contribution in [0, 0.1) is 0 Å². The number of methoxy groups -OCH3 is 1. The number of nitrogens with one attached hydrogen (secondary N) is 1. The van der Waals surface area contributed by atoms with Crippen LogP contribution in [-0.2, 0) is 11.2 Å². The molecule has 0 unspecified atom stereocenters. The van der Waals surface area contributed by atoms with Gasteiger partial charge in [-0.2, -0.15) is 0 Å². The van der Waals surface area contributed by atoms with Gasteiger partial charge in [-0.1, -0.05) is 44.2 Å². The van der Waals surface area contributed by atoms with E-state index in [9.17, 15) is 4.79 Å². The zero-order chi connectivity index (χ0) is 24.1. The first kappa shape index (κ1) is 23.6. The van der Waals surface area contributed by atoms with Crippen LogP contribution in [-0.4, -0.2) is 70.6 Å². The lowest BCUT2D eigenvalue weighted by Crippen LogP contribution is -2.35. The topological polar surface area (TPSA) is 87.2 Å². The first-order chi connectivity index (χ1) is 16.6. The number of anilines is 1. The first-order valence-electron chi connectivity index (χ1n) is 11.9. The molecular weight excluding hydrogens is 428 g/mol. The molecule has 34 heavy (non-hydrogen) atoms. The van der Waals surface area contributed by atoms with Gasteiger partial charge in [0.25, 0.3) is 0 Å². The molecule has 178 valence electrons. The predicted octanol–water partition coefficient (Wildman–Crippen LogP) is 4.05. The van der Waals surface area contributed by atoms with E-state index in [-0.39, 0.29) is 0 Å². The molecule has 0 radical (unpaired) electrons. The SMILES string of the molecule is CCN(CC)CCN(CC)c1nc(Cc2ccccc2)nc2[nH]c3cc(C(=O)OC)cnc3c12. The zero-order valence-electron chi connectivity index (χ0n) is 20.3.